The van der Waals surface area contributed by atoms with Crippen LogP contribution in [0.2, 0.25) is 0 Å². The second kappa shape index (κ2) is 2.88. The van der Waals surface area contributed by atoms with Crippen molar-refractivity contribution >= 4 is 6.08 Å². The molecule has 0 amide bonds. The van der Waals surface area contributed by atoms with Crippen LogP contribution in [0.25, 0.3) is 6.08 Å². The number of hydrogen-bond acceptors (Lipinski definition) is 1. The maximum Gasteiger partial charge on any atom is 0.0238 e. The third-order valence-electron chi connectivity index (χ3n) is 3.42. The quantitative estimate of drug-likeness (QED) is 0.600. The topological polar surface area (TPSA) is 3.24 Å². The molecule has 0 saturated carbocycles. The summed E-state index contributed by atoms with van der Waals surface area (Å²) in [6, 6.07) is 6.72. The van der Waals surface area contributed by atoms with E-state index in [0.717, 1.165) is 5.92 Å². The summed E-state index contributed by atoms with van der Waals surface area (Å²) < 4.78 is 0. The molecule has 0 radical (unpaired) electrons. The van der Waals surface area contributed by atoms with Gasteiger partial charge in [0, 0.05) is 19.5 Å². The molecule has 1 nitrogen and oxygen atoms in total. The van der Waals surface area contributed by atoms with Crippen molar-refractivity contribution in [2.75, 3.05) is 13.6 Å². The molecule has 0 saturated heterocycles. The Kier molecular flexibility index (Phi) is 1.66. The van der Waals surface area contributed by atoms with Gasteiger partial charge < -0.3 is 4.90 Å². The Morgan fingerprint density at radius 3 is 3.21 bits per heavy atom. The predicted octanol–water partition coefficient (Wildman–Crippen LogP) is 2.63. The summed E-state index contributed by atoms with van der Waals surface area (Å²) in [6.45, 7) is 1.18. The molecule has 1 atom stereocenters. The van der Waals surface area contributed by atoms with Gasteiger partial charge in [0.25, 0.3) is 0 Å². The van der Waals surface area contributed by atoms with E-state index in [1.54, 1.807) is 11.1 Å². The van der Waals surface area contributed by atoms with Gasteiger partial charge in [-0.1, -0.05) is 18.2 Å². The van der Waals surface area contributed by atoms with E-state index in [9.17, 15) is 0 Å². The molecule has 1 aliphatic heterocycles. The van der Waals surface area contributed by atoms with Crippen molar-refractivity contribution in [3.05, 3.63) is 41.1 Å². The van der Waals surface area contributed by atoms with Crippen LogP contribution in [0, 0.1) is 0 Å². The molecule has 1 heterocycles. The van der Waals surface area contributed by atoms with Crippen molar-refractivity contribution in [1.82, 2.24) is 4.90 Å². The van der Waals surface area contributed by atoms with Crippen LogP contribution in [-0.2, 0) is 6.42 Å². The van der Waals surface area contributed by atoms with Crippen LogP contribution >= 0.6 is 0 Å². The zero-order chi connectivity index (χ0) is 9.54. The Morgan fingerprint density at radius 2 is 2.29 bits per heavy atom. The zero-order valence-electron chi connectivity index (χ0n) is 8.53. The molecule has 1 heteroatoms. The van der Waals surface area contributed by atoms with Crippen LogP contribution in [0.3, 0.4) is 0 Å². The summed E-state index contributed by atoms with van der Waals surface area (Å²) in [4.78, 5) is 2.31. The second-order valence-electron chi connectivity index (χ2n) is 4.41. The van der Waals surface area contributed by atoms with E-state index in [-0.39, 0.29) is 0 Å². The molecule has 1 aromatic carbocycles. The van der Waals surface area contributed by atoms with Gasteiger partial charge in [0.05, 0.1) is 0 Å². The standard InChI is InChI=1S/C13H15N/c1-14-8-7-11-4-2-3-10-5-6-12(9-14)13(10)11/h2-4,7-8,12H,5-6,9H2,1H3. The van der Waals surface area contributed by atoms with Gasteiger partial charge in [0.15, 0.2) is 0 Å². The first-order chi connectivity index (χ1) is 6.84. The van der Waals surface area contributed by atoms with Gasteiger partial charge in [0.2, 0.25) is 0 Å². The highest BCUT2D eigenvalue weighted by atomic mass is 15.1. The number of likely N-dealkylation sites (N-methyl/N-ethyl adjacent to an activating group) is 1. The van der Waals surface area contributed by atoms with Crippen LogP contribution in [-0.4, -0.2) is 18.5 Å². The number of hydrogen-bond donors (Lipinski definition) is 0. The summed E-state index contributed by atoms with van der Waals surface area (Å²) in [5, 5.41) is 0. The van der Waals surface area contributed by atoms with Crippen LogP contribution in [0.4, 0.5) is 0 Å². The van der Waals surface area contributed by atoms with E-state index in [4.69, 9.17) is 0 Å². The van der Waals surface area contributed by atoms with Crippen LogP contribution in [0.1, 0.15) is 29.0 Å². The van der Waals surface area contributed by atoms with Crippen molar-refractivity contribution in [2.45, 2.75) is 18.8 Å². The first-order valence-electron chi connectivity index (χ1n) is 5.35. The number of rotatable bonds is 0. The molecule has 1 aromatic rings. The third-order valence-corrected chi connectivity index (χ3v) is 3.42. The van der Waals surface area contributed by atoms with Gasteiger partial charge in [-0.15, -0.1) is 0 Å². The van der Waals surface area contributed by atoms with Crippen molar-refractivity contribution in [3.8, 4) is 0 Å². The highest BCUT2D eigenvalue weighted by Crippen LogP contribution is 2.37. The average molecular weight is 185 g/mol. The molecular weight excluding hydrogens is 170 g/mol. The fraction of sp³-hybridized carbons (Fsp3) is 0.385. The highest BCUT2D eigenvalue weighted by molar-refractivity contribution is 5.59. The molecule has 0 fully saturated rings. The SMILES string of the molecule is CN1C=Cc2cccc3c2C(CC3)C1. The molecule has 72 valence electrons. The monoisotopic (exact) mass is 185 g/mol. The first kappa shape index (κ1) is 8.10. The predicted molar refractivity (Wildman–Crippen MR) is 59.2 cm³/mol. The molecule has 0 aromatic heterocycles. The molecule has 0 bridgehead atoms. The molecule has 3 rings (SSSR count). The van der Waals surface area contributed by atoms with Gasteiger partial charge in [-0.05, 0) is 41.8 Å². The minimum Gasteiger partial charge on any atom is -0.380 e. The lowest BCUT2D eigenvalue weighted by Crippen LogP contribution is -2.16. The van der Waals surface area contributed by atoms with Crippen molar-refractivity contribution in [3.63, 3.8) is 0 Å². The van der Waals surface area contributed by atoms with Gasteiger partial charge in [-0.2, -0.15) is 0 Å². The Labute approximate surface area is 85.0 Å². The Balaban J connectivity index is 2.18. The lowest BCUT2D eigenvalue weighted by Gasteiger charge is -2.17. The second-order valence-corrected chi connectivity index (χ2v) is 4.41. The van der Waals surface area contributed by atoms with Crippen LogP contribution < -0.4 is 0 Å². The molecule has 1 unspecified atom stereocenters. The number of nitrogens with zero attached hydrogens (tertiary/aromatic N) is 1. The highest BCUT2D eigenvalue weighted by Gasteiger charge is 2.26. The van der Waals surface area contributed by atoms with Gasteiger partial charge in [0.1, 0.15) is 0 Å². The van der Waals surface area contributed by atoms with E-state index < -0.39 is 0 Å². The summed E-state index contributed by atoms with van der Waals surface area (Å²) in [5.41, 5.74) is 4.63. The Morgan fingerprint density at radius 1 is 1.36 bits per heavy atom. The van der Waals surface area contributed by atoms with Gasteiger partial charge in [-0.25, -0.2) is 0 Å². The lowest BCUT2D eigenvalue weighted by molar-refractivity contribution is 0.415. The van der Waals surface area contributed by atoms with Gasteiger partial charge >= 0.3 is 0 Å². The van der Waals surface area contributed by atoms with E-state index >= 15 is 0 Å². The molecule has 1 aliphatic carbocycles. The minimum absolute atomic E-state index is 0.765. The van der Waals surface area contributed by atoms with E-state index in [0.29, 0.717) is 0 Å². The molecule has 2 aliphatic rings. The van der Waals surface area contributed by atoms with Crippen molar-refractivity contribution < 1.29 is 0 Å². The van der Waals surface area contributed by atoms with Crippen LogP contribution in [0.5, 0.6) is 0 Å². The molecule has 0 N–H and O–H groups in total. The van der Waals surface area contributed by atoms with Crippen LogP contribution in [0.15, 0.2) is 24.4 Å². The summed E-state index contributed by atoms with van der Waals surface area (Å²) in [6.07, 6.45) is 7.06. The van der Waals surface area contributed by atoms with Crippen molar-refractivity contribution in [2.24, 2.45) is 0 Å². The van der Waals surface area contributed by atoms with E-state index in [1.165, 1.54) is 24.9 Å². The summed E-state index contributed by atoms with van der Waals surface area (Å²) >= 11 is 0. The summed E-state index contributed by atoms with van der Waals surface area (Å²) in [7, 11) is 2.17. The number of aryl methyl sites for hydroxylation is 1. The molecule has 14 heavy (non-hydrogen) atoms. The fourth-order valence-electron chi connectivity index (χ4n) is 2.77. The van der Waals surface area contributed by atoms with E-state index in [2.05, 4.69) is 42.4 Å². The lowest BCUT2D eigenvalue weighted by atomic mass is 9.96. The zero-order valence-corrected chi connectivity index (χ0v) is 8.53. The minimum atomic E-state index is 0.765. The fourth-order valence-corrected chi connectivity index (χ4v) is 2.77. The third kappa shape index (κ3) is 1.08. The average Bonchev–Trinajstić information content (AvgIpc) is 2.51. The smallest absolute Gasteiger partial charge is 0.0238 e. The Bertz CT molecular complexity index is 392. The maximum absolute atomic E-state index is 2.31. The maximum atomic E-state index is 2.31. The largest absolute Gasteiger partial charge is 0.380 e. The Hall–Kier alpha value is -1.24. The summed E-state index contributed by atoms with van der Waals surface area (Å²) in [5.74, 6) is 0.765. The molecule has 0 spiro atoms. The number of benzene rings is 1. The van der Waals surface area contributed by atoms with Gasteiger partial charge in [-0.3, -0.25) is 0 Å². The molecular formula is C13H15N. The van der Waals surface area contributed by atoms with E-state index in [1.807, 2.05) is 0 Å². The normalized spacial score (nSPS) is 23.5. The first-order valence-corrected chi connectivity index (χ1v) is 5.35. The van der Waals surface area contributed by atoms with Crippen molar-refractivity contribution in [1.29, 1.82) is 0 Å².